The van der Waals surface area contributed by atoms with Crippen LogP contribution in [-0.4, -0.2) is 19.7 Å². The Kier molecular flexibility index (Phi) is 4.41. The second kappa shape index (κ2) is 5.34. The van der Waals surface area contributed by atoms with Crippen molar-refractivity contribution in [1.82, 2.24) is 0 Å². The Bertz CT molecular complexity index is 459. The Balaban J connectivity index is 3.16. The van der Waals surface area contributed by atoms with Crippen molar-refractivity contribution in [3.63, 3.8) is 0 Å². The molecular weight excluding hydrogens is 272 g/mol. The number of nitro benzene ring substituents is 1. The summed E-state index contributed by atoms with van der Waals surface area (Å²) in [5, 5.41) is 10.6. The molecule has 7 heteroatoms. The van der Waals surface area contributed by atoms with Gasteiger partial charge in [0.15, 0.2) is 8.32 Å². The SMILES string of the molecule is CC(O[Si](C)(C)C)(c1ccc([N+](=O)[O-])cc1)C(F)F. The molecule has 0 fully saturated rings. The number of hydrogen-bond donors (Lipinski definition) is 0. The standard InChI is InChI=1S/C12H17F2NO3Si/c1-12(11(13)14,18-19(2,3)4)9-5-7-10(8-6-9)15(16)17/h5-8,11H,1-4H3. The summed E-state index contributed by atoms with van der Waals surface area (Å²) in [4.78, 5) is 9.99. The number of alkyl halides is 2. The van der Waals surface area contributed by atoms with Gasteiger partial charge in [-0.25, -0.2) is 8.78 Å². The monoisotopic (exact) mass is 289 g/mol. The molecule has 0 spiro atoms. The summed E-state index contributed by atoms with van der Waals surface area (Å²) >= 11 is 0. The lowest BCUT2D eigenvalue weighted by atomic mass is 9.96. The topological polar surface area (TPSA) is 52.4 Å². The molecule has 0 saturated carbocycles. The Morgan fingerprint density at radius 3 is 2.05 bits per heavy atom. The van der Waals surface area contributed by atoms with E-state index in [1.54, 1.807) is 0 Å². The number of nitrogens with zero attached hydrogens (tertiary/aromatic N) is 1. The van der Waals surface area contributed by atoms with E-state index in [0.717, 1.165) is 0 Å². The third-order valence-corrected chi connectivity index (χ3v) is 3.62. The Morgan fingerprint density at radius 2 is 1.74 bits per heavy atom. The van der Waals surface area contributed by atoms with Crippen LogP contribution in [0.1, 0.15) is 12.5 Å². The first-order chi connectivity index (χ1) is 8.56. The number of hydrogen-bond acceptors (Lipinski definition) is 3. The van der Waals surface area contributed by atoms with Gasteiger partial charge in [-0.3, -0.25) is 10.1 Å². The maximum atomic E-state index is 13.3. The second-order valence-electron chi connectivity index (χ2n) is 5.43. The molecule has 106 valence electrons. The number of halogens is 2. The molecule has 0 aromatic heterocycles. The van der Waals surface area contributed by atoms with Crippen LogP contribution in [0.25, 0.3) is 0 Å². The third kappa shape index (κ3) is 3.81. The minimum atomic E-state index is -2.71. The summed E-state index contributed by atoms with van der Waals surface area (Å²) in [6.07, 6.45) is -2.71. The summed E-state index contributed by atoms with van der Waals surface area (Å²) in [7, 11) is -2.19. The molecule has 0 heterocycles. The molecule has 1 unspecified atom stereocenters. The van der Waals surface area contributed by atoms with Gasteiger partial charge in [0.2, 0.25) is 0 Å². The molecule has 0 radical (unpaired) electrons. The van der Waals surface area contributed by atoms with E-state index >= 15 is 0 Å². The summed E-state index contributed by atoms with van der Waals surface area (Å²) in [5.74, 6) is 0. The van der Waals surface area contributed by atoms with Crippen molar-refractivity contribution in [2.24, 2.45) is 0 Å². The van der Waals surface area contributed by atoms with Crippen LogP contribution in [0, 0.1) is 10.1 Å². The van der Waals surface area contributed by atoms with Crippen LogP contribution in [0.2, 0.25) is 19.6 Å². The smallest absolute Gasteiger partial charge is 0.269 e. The average molecular weight is 289 g/mol. The van der Waals surface area contributed by atoms with Gasteiger partial charge < -0.3 is 4.43 Å². The normalized spacial score (nSPS) is 15.3. The zero-order chi connectivity index (χ0) is 14.8. The second-order valence-corrected chi connectivity index (χ2v) is 9.86. The van der Waals surface area contributed by atoms with Crippen molar-refractivity contribution >= 4 is 14.0 Å². The average Bonchev–Trinajstić information content (AvgIpc) is 2.26. The van der Waals surface area contributed by atoms with Crippen molar-refractivity contribution in [3.8, 4) is 0 Å². The Labute approximate surface area is 111 Å². The van der Waals surface area contributed by atoms with Crippen molar-refractivity contribution in [2.75, 3.05) is 0 Å². The van der Waals surface area contributed by atoms with E-state index in [4.69, 9.17) is 4.43 Å². The van der Waals surface area contributed by atoms with Gasteiger partial charge in [0.1, 0.15) is 5.60 Å². The van der Waals surface area contributed by atoms with E-state index in [9.17, 15) is 18.9 Å². The number of rotatable bonds is 5. The molecule has 0 amide bonds. The lowest BCUT2D eigenvalue weighted by molar-refractivity contribution is -0.384. The predicted octanol–water partition coefficient (Wildman–Crippen LogP) is 3.93. The van der Waals surface area contributed by atoms with E-state index in [1.165, 1.54) is 31.2 Å². The summed E-state index contributed by atoms with van der Waals surface area (Å²) < 4.78 is 32.2. The molecule has 0 aliphatic rings. The summed E-state index contributed by atoms with van der Waals surface area (Å²) in [5.41, 5.74) is -1.62. The maximum Gasteiger partial charge on any atom is 0.269 e. The molecule has 0 N–H and O–H groups in total. The number of benzene rings is 1. The number of nitro groups is 1. The lowest BCUT2D eigenvalue weighted by Crippen LogP contribution is -2.43. The van der Waals surface area contributed by atoms with Gasteiger partial charge >= 0.3 is 0 Å². The van der Waals surface area contributed by atoms with Crippen molar-refractivity contribution < 1.29 is 18.1 Å². The fraction of sp³-hybridized carbons (Fsp3) is 0.500. The molecule has 0 aliphatic heterocycles. The molecule has 4 nitrogen and oxygen atoms in total. The molecule has 1 rings (SSSR count). The predicted molar refractivity (Wildman–Crippen MR) is 70.9 cm³/mol. The maximum absolute atomic E-state index is 13.3. The van der Waals surface area contributed by atoms with Crippen LogP contribution < -0.4 is 0 Å². The fourth-order valence-corrected chi connectivity index (χ4v) is 3.26. The lowest BCUT2D eigenvalue weighted by Gasteiger charge is -2.35. The van der Waals surface area contributed by atoms with Gasteiger partial charge in [-0.15, -0.1) is 0 Å². The zero-order valence-corrected chi connectivity index (χ0v) is 12.3. The Hall–Kier alpha value is -1.34. The first-order valence-corrected chi connectivity index (χ1v) is 9.20. The molecule has 0 saturated heterocycles. The first kappa shape index (κ1) is 15.7. The highest BCUT2D eigenvalue weighted by Gasteiger charge is 2.41. The highest BCUT2D eigenvalue weighted by molar-refractivity contribution is 6.69. The third-order valence-electron chi connectivity index (χ3n) is 2.59. The van der Waals surface area contributed by atoms with Crippen molar-refractivity contribution in [3.05, 3.63) is 39.9 Å². The quantitative estimate of drug-likeness (QED) is 0.469. The van der Waals surface area contributed by atoms with E-state index in [1.807, 2.05) is 19.6 Å². The van der Waals surface area contributed by atoms with Gasteiger partial charge in [-0.05, 0) is 44.3 Å². The van der Waals surface area contributed by atoms with Gasteiger partial charge in [-0.2, -0.15) is 0 Å². The molecule has 19 heavy (non-hydrogen) atoms. The van der Waals surface area contributed by atoms with Crippen LogP contribution in [-0.2, 0) is 10.0 Å². The van der Waals surface area contributed by atoms with Crippen molar-refractivity contribution in [2.45, 2.75) is 38.6 Å². The van der Waals surface area contributed by atoms with Gasteiger partial charge in [0.25, 0.3) is 12.1 Å². The molecule has 0 bridgehead atoms. The van der Waals surface area contributed by atoms with Crippen LogP contribution in [0.15, 0.2) is 24.3 Å². The number of non-ortho nitro benzene ring substituents is 1. The summed E-state index contributed by atoms with van der Waals surface area (Å²) in [6.45, 7) is 6.77. The van der Waals surface area contributed by atoms with Gasteiger partial charge in [0, 0.05) is 12.1 Å². The molecule has 1 aromatic carbocycles. The van der Waals surface area contributed by atoms with Crippen molar-refractivity contribution in [1.29, 1.82) is 0 Å². The van der Waals surface area contributed by atoms with Gasteiger partial charge in [-0.1, -0.05) is 0 Å². The van der Waals surface area contributed by atoms with E-state index in [2.05, 4.69) is 0 Å². The van der Waals surface area contributed by atoms with Crippen LogP contribution in [0.3, 0.4) is 0 Å². The first-order valence-electron chi connectivity index (χ1n) is 5.79. The molecular formula is C12H17F2NO3Si. The van der Waals surface area contributed by atoms with Gasteiger partial charge in [0.05, 0.1) is 4.92 Å². The largest absolute Gasteiger partial charge is 0.403 e. The zero-order valence-electron chi connectivity index (χ0n) is 11.3. The minimum Gasteiger partial charge on any atom is -0.403 e. The van der Waals surface area contributed by atoms with E-state index in [0.29, 0.717) is 0 Å². The van der Waals surface area contributed by atoms with E-state index < -0.39 is 25.3 Å². The van der Waals surface area contributed by atoms with Crippen LogP contribution in [0.4, 0.5) is 14.5 Å². The highest BCUT2D eigenvalue weighted by Crippen LogP contribution is 2.35. The van der Waals surface area contributed by atoms with E-state index in [-0.39, 0.29) is 11.3 Å². The van der Waals surface area contributed by atoms with Crippen LogP contribution >= 0.6 is 0 Å². The summed E-state index contributed by atoms with van der Waals surface area (Å²) in [6, 6.07) is 5.07. The fourth-order valence-electron chi connectivity index (χ4n) is 1.78. The highest BCUT2D eigenvalue weighted by atomic mass is 28.4. The minimum absolute atomic E-state index is 0.131. The molecule has 0 aliphatic carbocycles. The van der Waals surface area contributed by atoms with Crippen LogP contribution in [0.5, 0.6) is 0 Å². The molecule has 1 aromatic rings. The Morgan fingerprint density at radius 1 is 1.26 bits per heavy atom. The molecule has 1 atom stereocenters.